The summed E-state index contributed by atoms with van der Waals surface area (Å²) in [7, 11) is -4.09. The second-order valence-electron chi connectivity index (χ2n) is 8.22. The Morgan fingerprint density at radius 2 is 1.47 bits per heavy atom. The van der Waals surface area contributed by atoms with Crippen LogP contribution in [0.1, 0.15) is 23.1 Å². The number of nitrogens with one attached hydrogen (secondary N) is 1. The van der Waals surface area contributed by atoms with Crippen LogP contribution >= 0.6 is 0 Å². The van der Waals surface area contributed by atoms with Crippen molar-refractivity contribution in [3.8, 4) is 0 Å². The Morgan fingerprint density at radius 3 is 2.06 bits per heavy atom. The second kappa shape index (κ2) is 13.6. The highest BCUT2D eigenvalue weighted by molar-refractivity contribution is 7.90. The third-order valence-corrected chi connectivity index (χ3v) is 6.65. The van der Waals surface area contributed by atoms with Gasteiger partial charge in [-0.15, -0.1) is 6.58 Å². The van der Waals surface area contributed by atoms with Crippen LogP contribution in [0.3, 0.4) is 0 Å². The zero-order valence-electron chi connectivity index (χ0n) is 20.2. The number of carbonyl (C=O) groups is 1. The molecule has 0 spiro atoms. The van der Waals surface area contributed by atoms with Crippen LogP contribution in [0.5, 0.6) is 0 Å². The Hall–Kier alpha value is -3.46. The van der Waals surface area contributed by atoms with Crippen molar-refractivity contribution in [1.29, 1.82) is 0 Å². The van der Waals surface area contributed by atoms with Crippen molar-refractivity contribution in [3.63, 3.8) is 0 Å². The van der Waals surface area contributed by atoms with Crippen molar-refractivity contribution >= 4 is 16.1 Å². The third-order valence-electron chi connectivity index (χ3n) is 5.32. The lowest BCUT2D eigenvalue weighted by molar-refractivity contribution is -0.0900. The van der Waals surface area contributed by atoms with Gasteiger partial charge < -0.3 is 14.2 Å². The van der Waals surface area contributed by atoms with Gasteiger partial charge in [-0.2, -0.15) is 0 Å². The minimum absolute atomic E-state index is 0.0339. The maximum Gasteiger partial charge on any atom is 0.421 e. The molecule has 0 saturated carbocycles. The number of benzene rings is 3. The van der Waals surface area contributed by atoms with Crippen molar-refractivity contribution in [2.24, 2.45) is 0 Å². The smallest absolute Gasteiger partial charge is 0.421 e. The molecule has 1 unspecified atom stereocenters. The summed E-state index contributed by atoms with van der Waals surface area (Å²) in [6, 6.07) is 25.4. The number of ether oxygens (including phenoxy) is 3. The molecule has 0 aliphatic heterocycles. The molecule has 3 aromatic rings. The first-order chi connectivity index (χ1) is 17.4. The van der Waals surface area contributed by atoms with Crippen LogP contribution in [-0.4, -0.2) is 33.3 Å². The van der Waals surface area contributed by atoms with E-state index in [9.17, 15) is 13.2 Å². The van der Waals surface area contributed by atoms with Crippen molar-refractivity contribution in [2.75, 3.05) is 6.61 Å². The van der Waals surface area contributed by atoms with Crippen molar-refractivity contribution in [3.05, 3.63) is 114 Å². The molecule has 3 aromatic carbocycles. The zero-order valence-corrected chi connectivity index (χ0v) is 21.0. The summed E-state index contributed by atoms with van der Waals surface area (Å²) in [5.41, 5.74) is 2.83. The van der Waals surface area contributed by atoms with E-state index < -0.39 is 28.3 Å². The molecule has 1 N–H and O–H groups in total. The molecule has 0 bridgehead atoms. The number of carbonyl (C=O) groups excluding carboxylic acids is 1. The lowest BCUT2D eigenvalue weighted by Gasteiger charge is -2.26. The van der Waals surface area contributed by atoms with Crippen molar-refractivity contribution < 1.29 is 27.4 Å². The van der Waals surface area contributed by atoms with Gasteiger partial charge in [0.05, 0.1) is 24.7 Å². The fourth-order valence-corrected chi connectivity index (χ4v) is 4.27. The molecule has 0 saturated heterocycles. The molecule has 0 heterocycles. The number of amides is 1. The van der Waals surface area contributed by atoms with Gasteiger partial charge in [0.25, 0.3) is 10.0 Å². The third kappa shape index (κ3) is 8.64. The van der Waals surface area contributed by atoms with Gasteiger partial charge in [0.2, 0.25) is 0 Å². The van der Waals surface area contributed by atoms with E-state index in [1.165, 1.54) is 12.1 Å². The number of hydrogen-bond donors (Lipinski definition) is 1. The highest BCUT2D eigenvalue weighted by atomic mass is 32.2. The summed E-state index contributed by atoms with van der Waals surface area (Å²) in [5.74, 6) is 0. The average Bonchev–Trinajstić information content (AvgIpc) is 2.87. The van der Waals surface area contributed by atoms with Gasteiger partial charge in [0.1, 0.15) is 12.2 Å². The number of hydrogen-bond acceptors (Lipinski definition) is 6. The molecule has 0 aliphatic carbocycles. The molecule has 8 heteroatoms. The van der Waals surface area contributed by atoms with E-state index >= 15 is 0 Å². The topological polar surface area (TPSA) is 90.9 Å². The van der Waals surface area contributed by atoms with Crippen LogP contribution in [-0.2, 0) is 37.4 Å². The van der Waals surface area contributed by atoms with E-state index in [0.29, 0.717) is 6.61 Å². The Balaban J connectivity index is 1.69. The first-order valence-corrected chi connectivity index (χ1v) is 13.0. The fourth-order valence-electron chi connectivity index (χ4n) is 3.40. The van der Waals surface area contributed by atoms with Gasteiger partial charge in [-0.05, 0) is 30.2 Å². The average molecular weight is 510 g/mol. The quantitative estimate of drug-likeness (QED) is 0.320. The van der Waals surface area contributed by atoms with Crippen molar-refractivity contribution in [1.82, 2.24) is 4.72 Å². The summed E-state index contributed by atoms with van der Waals surface area (Å²) in [6.07, 6.45) is -0.761. The molecule has 3 rings (SSSR count). The minimum atomic E-state index is -4.09. The molecule has 0 radical (unpaired) electrons. The predicted octanol–water partition coefficient (Wildman–Crippen LogP) is 5.16. The Morgan fingerprint density at radius 1 is 0.889 bits per heavy atom. The van der Waals surface area contributed by atoms with E-state index in [1.807, 2.05) is 72.3 Å². The molecule has 1 amide bonds. The normalized spacial score (nSPS) is 12.9. The Bertz CT molecular complexity index is 1200. The predicted molar refractivity (Wildman–Crippen MR) is 138 cm³/mol. The molecular formula is C28H31NO6S. The first kappa shape index (κ1) is 27.1. The highest BCUT2D eigenvalue weighted by Gasteiger charge is 2.28. The van der Waals surface area contributed by atoms with Gasteiger partial charge in [-0.3, -0.25) is 0 Å². The van der Waals surface area contributed by atoms with Crippen LogP contribution in [0.25, 0.3) is 0 Å². The second-order valence-corrected chi connectivity index (χ2v) is 9.90. The van der Waals surface area contributed by atoms with Crippen LogP contribution < -0.4 is 4.72 Å². The Kier molecular flexibility index (Phi) is 10.2. The maximum absolute atomic E-state index is 12.6. The zero-order chi connectivity index (χ0) is 25.8. The molecule has 2 atom stereocenters. The SMILES string of the molecule is C=CCC(OC(=O)NS(=O)(=O)c1ccc(C)cc1)[C@@H](COCc1ccccc1)OCc1ccccc1. The molecular weight excluding hydrogens is 478 g/mol. The van der Waals surface area contributed by atoms with Gasteiger partial charge >= 0.3 is 6.09 Å². The number of aryl methyl sites for hydroxylation is 1. The summed E-state index contributed by atoms with van der Waals surface area (Å²) >= 11 is 0. The first-order valence-electron chi connectivity index (χ1n) is 11.6. The van der Waals surface area contributed by atoms with Gasteiger partial charge in [0.15, 0.2) is 0 Å². The van der Waals surface area contributed by atoms with Gasteiger partial charge in [0, 0.05) is 6.42 Å². The van der Waals surface area contributed by atoms with Gasteiger partial charge in [-0.25, -0.2) is 17.9 Å². The van der Waals surface area contributed by atoms with Crippen LogP contribution in [0.4, 0.5) is 4.79 Å². The molecule has 0 fully saturated rings. The van der Waals surface area contributed by atoms with Crippen LogP contribution in [0, 0.1) is 6.92 Å². The van der Waals surface area contributed by atoms with E-state index in [2.05, 4.69) is 6.58 Å². The molecule has 7 nitrogen and oxygen atoms in total. The Labute approximate surface area is 212 Å². The number of rotatable bonds is 13. The van der Waals surface area contributed by atoms with Gasteiger partial charge in [-0.1, -0.05) is 84.4 Å². The van der Waals surface area contributed by atoms with E-state index in [4.69, 9.17) is 14.2 Å². The lowest BCUT2D eigenvalue weighted by Crippen LogP contribution is -2.41. The van der Waals surface area contributed by atoms with Crippen LogP contribution in [0.15, 0.2) is 102 Å². The summed E-state index contributed by atoms with van der Waals surface area (Å²) < 4.78 is 44.7. The summed E-state index contributed by atoms with van der Waals surface area (Å²) in [5, 5.41) is 0. The molecule has 36 heavy (non-hydrogen) atoms. The highest BCUT2D eigenvalue weighted by Crippen LogP contribution is 2.16. The summed E-state index contributed by atoms with van der Waals surface area (Å²) in [6.45, 7) is 6.32. The van der Waals surface area contributed by atoms with E-state index in [1.54, 1.807) is 18.2 Å². The fraction of sp³-hybridized carbons (Fsp3) is 0.250. The molecule has 0 aliphatic rings. The molecule has 0 aromatic heterocycles. The monoisotopic (exact) mass is 509 g/mol. The lowest BCUT2D eigenvalue weighted by atomic mass is 10.1. The summed E-state index contributed by atoms with van der Waals surface area (Å²) in [4.78, 5) is 12.6. The minimum Gasteiger partial charge on any atom is -0.442 e. The van der Waals surface area contributed by atoms with Crippen molar-refractivity contribution in [2.45, 2.75) is 43.7 Å². The number of sulfonamides is 1. The maximum atomic E-state index is 12.6. The largest absolute Gasteiger partial charge is 0.442 e. The van der Waals surface area contributed by atoms with E-state index in [0.717, 1.165) is 16.7 Å². The standard InChI is InChI=1S/C28H31NO6S/c1-3-10-26(35-28(30)29-36(31,32)25-17-15-22(2)16-18-25)27(34-20-24-13-8-5-9-14-24)21-33-19-23-11-6-4-7-12-23/h3-9,11-18,26-27H,1,10,19-21H2,2H3,(H,29,30)/t26?,27-/m1/s1. The van der Waals surface area contributed by atoms with Crippen LogP contribution in [0.2, 0.25) is 0 Å². The van der Waals surface area contributed by atoms with E-state index in [-0.39, 0.29) is 24.5 Å². The molecule has 190 valence electrons.